The maximum absolute atomic E-state index is 12.5. The third-order valence-corrected chi connectivity index (χ3v) is 3.99. The van der Waals surface area contributed by atoms with Crippen LogP contribution < -0.4 is 15.5 Å². The molecular weight excluding hydrogens is 254 g/mol. The lowest BCUT2D eigenvalue weighted by Crippen LogP contribution is -2.43. The second-order valence-electron chi connectivity index (χ2n) is 5.44. The van der Waals surface area contributed by atoms with Crippen molar-refractivity contribution < 1.29 is 9.59 Å². The highest BCUT2D eigenvalue weighted by atomic mass is 16.2. The summed E-state index contributed by atoms with van der Waals surface area (Å²) in [6.45, 7) is 2.09. The Morgan fingerprint density at radius 1 is 1.25 bits per heavy atom. The molecule has 0 atom stereocenters. The Kier molecular flexibility index (Phi) is 3.69. The molecule has 2 aliphatic rings. The van der Waals surface area contributed by atoms with E-state index in [1.165, 1.54) is 0 Å². The van der Waals surface area contributed by atoms with E-state index in [0.29, 0.717) is 12.3 Å². The summed E-state index contributed by atoms with van der Waals surface area (Å²) in [5.41, 5.74) is 1.54. The van der Waals surface area contributed by atoms with Gasteiger partial charge in [-0.1, -0.05) is 12.1 Å². The average Bonchev–Trinajstić information content (AvgIpc) is 2.47. The minimum absolute atomic E-state index is 0.0548. The third kappa shape index (κ3) is 2.67. The van der Waals surface area contributed by atoms with Gasteiger partial charge in [0.1, 0.15) is 6.54 Å². The summed E-state index contributed by atoms with van der Waals surface area (Å²) in [7, 11) is 0. The predicted octanol–water partition coefficient (Wildman–Crippen LogP) is 1.36. The molecule has 3 rings (SSSR count). The Bertz CT molecular complexity index is 524. The minimum atomic E-state index is -0.123. The highest BCUT2D eigenvalue weighted by Crippen LogP contribution is 2.30. The summed E-state index contributed by atoms with van der Waals surface area (Å²) in [5, 5.41) is 6.11. The van der Waals surface area contributed by atoms with Crippen molar-refractivity contribution in [2.45, 2.75) is 19.3 Å². The number of para-hydroxylation sites is 2. The number of rotatable bonds is 2. The lowest BCUT2D eigenvalue weighted by atomic mass is 9.94. The maximum atomic E-state index is 12.5. The number of fused-ring (bicyclic) bond motifs is 1. The number of nitrogens with zero attached hydrogens (tertiary/aromatic N) is 1. The Balaban J connectivity index is 1.75. The summed E-state index contributed by atoms with van der Waals surface area (Å²) >= 11 is 0. The van der Waals surface area contributed by atoms with E-state index in [1.54, 1.807) is 4.90 Å². The topological polar surface area (TPSA) is 61.4 Å². The van der Waals surface area contributed by atoms with E-state index in [-0.39, 0.29) is 18.4 Å². The molecule has 1 saturated heterocycles. The van der Waals surface area contributed by atoms with Crippen LogP contribution in [-0.4, -0.2) is 31.4 Å². The molecule has 2 N–H and O–H groups in total. The van der Waals surface area contributed by atoms with E-state index in [0.717, 1.165) is 37.3 Å². The fraction of sp³-hybridized carbons (Fsp3) is 0.467. The number of nitrogens with one attached hydrogen (secondary N) is 2. The molecule has 0 unspecified atom stereocenters. The Hall–Kier alpha value is -1.88. The number of carbonyl (C=O) groups excluding carboxylic acids is 2. The average molecular weight is 273 g/mol. The van der Waals surface area contributed by atoms with E-state index in [4.69, 9.17) is 0 Å². The van der Waals surface area contributed by atoms with Gasteiger partial charge in [-0.25, -0.2) is 0 Å². The van der Waals surface area contributed by atoms with E-state index < -0.39 is 0 Å². The van der Waals surface area contributed by atoms with Gasteiger partial charge in [-0.15, -0.1) is 0 Å². The number of amides is 2. The molecule has 0 saturated carbocycles. The van der Waals surface area contributed by atoms with Crippen LogP contribution in [0.3, 0.4) is 0 Å². The fourth-order valence-corrected chi connectivity index (χ4v) is 2.90. The zero-order valence-electron chi connectivity index (χ0n) is 11.4. The van der Waals surface area contributed by atoms with Gasteiger partial charge in [-0.3, -0.25) is 9.59 Å². The van der Waals surface area contributed by atoms with Crippen molar-refractivity contribution in [3.8, 4) is 0 Å². The highest BCUT2D eigenvalue weighted by Gasteiger charge is 2.28. The van der Waals surface area contributed by atoms with Gasteiger partial charge in [0.2, 0.25) is 11.8 Å². The molecule has 0 spiro atoms. The molecule has 5 heteroatoms. The predicted molar refractivity (Wildman–Crippen MR) is 77.6 cm³/mol. The first-order chi connectivity index (χ1) is 9.74. The highest BCUT2D eigenvalue weighted by molar-refractivity contribution is 6.09. The summed E-state index contributed by atoms with van der Waals surface area (Å²) in [6, 6.07) is 7.47. The van der Waals surface area contributed by atoms with Crippen LogP contribution in [0.4, 0.5) is 11.4 Å². The standard InChI is InChI=1S/C15H19N3O2/c19-14-10-18(13-4-2-1-3-12(13)17-14)15(20)9-11-5-7-16-8-6-11/h1-4,11,16H,5-10H2,(H,17,19). The Labute approximate surface area is 118 Å². The minimum Gasteiger partial charge on any atom is -0.323 e. The van der Waals surface area contributed by atoms with Gasteiger partial charge in [0.05, 0.1) is 11.4 Å². The van der Waals surface area contributed by atoms with Gasteiger partial charge >= 0.3 is 0 Å². The monoisotopic (exact) mass is 273 g/mol. The third-order valence-electron chi connectivity index (χ3n) is 3.99. The van der Waals surface area contributed by atoms with Crippen LogP contribution in [0, 0.1) is 5.92 Å². The molecule has 106 valence electrons. The molecule has 2 heterocycles. The SMILES string of the molecule is O=C1CN(C(=O)CC2CCNCC2)c2ccccc2N1. The van der Waals surface area contributed by atoms with Crippen LogP contribution in [0.2, 0.25) is 0 Å². The molecule has 2 amide bonds. The van der Waals surface area contributed by atoms with E-state index in [1.807, 2.05) is 24.3 Å². The van der Waals surface area contributed by atoms with E-state index in [2.05, 4.69) is 10.6 Å². The molecule has 2 aliphatic heterocycles. The molecule has 5 nitrogen and oxygen atoms in total. The normalized spacial score (nSPS) is 19.4. The van der Waals surface area contributed by atoms with Gasteiger partial charge < -0.3 is 15.5 Å². The first-order valence-electron chi connectivity index (χ1n) is 7.14. The van der Waals surface area contributed by atoms with Crippen molar-refractivity contribution in [2.75, 3.05) is 29.9 Å². The molecule has 1 aromatic rings. The summed E-state index contributed by atoms with van der Waals surface area (Å²) in [6.07, 6.45) is 2.60. The molecule has 20 heavy (non-hydrogen) atoms. The van der Waals surface area contributed by atoms with Crippen LogP contribution >= 0.6 is 0 Å². The van der Waals surface area contributed by atoms with Crippen LogP contribution in [0.25, 0.3) is 0 Å². The quantitative estimate of drug-likeness (QED) is 0.855. The number of benzene rings is 1. The van der Waals surface area contributed by atoms with Crippen molar-refractivity contribution in [2.24, 2.45) is 5.92 Å². The number of hydrogen-bond donors (Lipinski definition) is 2. The largest absolute Gasteiger partial charge is 0.323 e. The zero-order chi connectivity index (χ0) is 13.9. The van der Waals surface area contributed by atoms with Crippen molar-refractivity contribution in [1.82, 2.24) is 5.32 Å². The lowest BCUT2D eigenvalue weighted by Gasteiger charge is -2.31. The molecule has 0 radical (unpaired) electrons. The lowest BCUT2D eigenvalue weighted by molar-refractivity contribution is -0.122. The first-order valence-corrected chi connectivity index (χ1v) is 7.14. The smallest absolute Gasteiger partial charge is 0.244 e. The van der Waals surface area contributed by atoms with Gasteiger partial charge in [-0.2, -0.15) is 0 Å². The number of carbonyl (C=O) groups is 2. The van der Waals surface area contributed by atoms with Crippen LogP contribution in [0.5, 0.6) is 0 Å². The van der Waals surface area contributed by atoms with Crippen molar-refractivity contribution in [1.29, 1.82) is 0 Å². The van der Waals surface area contributed by atoms with Crippen LogP contribution in [-0.2, 0) is 9.59 Å². The van der Waals surface area contributed by atoms with E-state index in [9.17, 15) is 9.59 Å². The number of hydrogen-bond acceptors (Lipinski definition) is 3. The second kappa shape index (κ2) is 5.63. The van der Waals surface area contributed by atoms with E-state index >= 15 is 0 Å². The molecule has 0 bridgehead atoms. The van der Waals surface area contributed by atoms with Crippen molar-refractivity contribution in [3.63, 3.8) is 0 Å². The maximum Gasteiger partial charge on any atom is 0.244 e. The molecular formula is C15H19N3O2. The Morgan fingerprint density at radius 2 is 2.00 bits per heavy atom. The summed E-state index contributed by atoms with van der Waals surface area (Å²) in [5.74, 6) is 0.363. The molecule has 0 aromatic heterocycles. The van der Waals surface area contributed by atoms with Gasteiger partial charge in [0.15, 0.2) is 0 Å². The second-order valence-corrected chi connectivity index (χ2v) is 5.44. The number of anilines is 2. The first kappa shape index (κ1) is 13.1. The molecule has 0 aliphatic carbocycles. The van der Waals surface area contributed by atoms with Crippen molar-refractivity contribution in [3.05, 3.63) is 24.3 Å². The van der Waals surface area contributed by atoms with Crippen LogP contribution in [0.1, 0.15) is 19.3 Å². The van der Waals surface area contributed by atoms with Gasteiger partial charge in [-0.05, 0) is 44.0 Å². The van der Waals surface area contributed by atoms with Crippen molar-refractivity contribution >= 4 is 23.2 Å². The Morgan fingerprint density at radius 3 is 2.80 bits per heavy atom. The summed E-state index contributed by atoms with van der Waals surface area (Å²) in [4.78, 5) is 25.8. The molecule has 1 fully saturated rings. The van der Waals surface area contributed by atoms with Gasteiger partial charge in [0, 0.05) is 6.42 Å². The summed E-state index contributed by atoms with van der Waals surface area (Å²) < 4.78 is 0. The number of piperidine rings is 1. The molecule has 1 aromatic carbocycles. The van der Waals surface area contributed by atoms with Crippen LogP contribution in [0.15, 0.2) is 24.3 Å². The fourth-order valence-electron chi connectivity index (χ4n) is 2.90. The van der Waals surface area contributed by atoms with Gasteiger partial charge in [0.25, 0.3) is 0 Å². The zero-order valence-corrected chi connectivity index (χ0v) is 11.4.